The summed E-state index contributed by atoms with van der Waals surface area (Å²) in [6, 6.07) is 6.44. The van der Waals surface area contributed by atoms with Crippen LogP contribution >= 0.6 is 23.4 Å². The van der Waals surface area contributed by atoms with Crippen LogP contribution < -0.4 is 16.4 Å². The highest BCUT2D eigenvalue weighted by molar-refractivity contribution is 7.99. The van der Waals surface area contributed by atoms with Gasteiger partial charge in [-0.1, -0.05) is 17.7 Å². The van der Waals surface area contributed by atoms with Crippen LogP contribution in [0, 0.1) is 0 Å². The van der Waals surface area contributed by atoms with Crippen LogP contribution in [0.3, 0.4) is 0 Å². The number of carbonyl (C=O) groups is 2. The highest BCUT2D eigenvalue weighted by atomic mass is 35.5. The normalized spacial score (nSPS) is 15.4. The number of ether oxygens (including phenoxy) is 1. The van der Waals surface area contributed by atoms with Gasteiger partial charge in [-0.25, -0.2) is 9.97 Å². The van der Waals surface area contributed by atoms with Gasteiger partial charge in [0, 0.05) is 24.1 Å². The van der Waals surface area contributed by atoms with Gasteiger partial charge >= 0.3 is 0 Å². The van der Waals surface area contributed by atoms with E-state index in [1.54, 1.807) is 42.1 Å². The van der Waals surface area contributed by atoms with E-state index in [1.807, 2.05) is 12.3 Å². The summed E-state index contributed by atoms with van der Waals surface area (Å²) < 4.78 is 5.85. The number of aromatic nitrogens is 2. The number of rotatable bonds is 9. The van der Waals surface area contributed by atoms with Gasteiger partial charge < -0.3 is 21.1 Å². The Labute approximate surface area is 195 Å². The van der Waals surface area contributed by atoms with Crippen LogP contribution in [0.5, 0.6) is 0 Å². The number of pyridine rings is 2. The smallest absolute Gasteiger partial charge is 0.277 e. The van der Waals surface area contributed by atoms with E-state index in [9.17, 15) is 9.59 Å². The molecule has 0 fully saturated rings. The molecule has 8 nitrogen and oxygen atoms in total. The number of hydrogen-bond acceptors (Lipinski definition) is 7. The molecular weight excluding hydrogens is 450 g/mol. The second-order valence-corrected chi connectivity index (χ2v) is 8.35. The van der Waals surface area contributed by atoms with Crippen molar-refractivity contribution in [3.63, 3.8) is 0 Å². The first-order chi connectivity index (χ1) is 15.5. The summed E-state index contributed by atoms with van der Waals surface area (Å²) in [5.74, 6) is 0.0398. The maximum atomic E-state index is 13.1. The predicted octanol–water partition coefficient (Wildman–Crippen LogP) is 3.63. The molecule has 32 heavy (non-hydrogen) atoms. The van der Waals surface area contributed by atoms with E-state index in [4.69, 9.17) is 22.1 Å². The number of nitrogens with zero attached hydrogens (tertiary/aromatic N) is 2. The molecule has 2 heterocycles. The lowest BCUT2D eigenvalue weighted by Gasteiger charge is -2.21. The van der Waals surface area contributed by atoms with Crippen molar-refractivity contribution < 1.29 is 14.3 Å². The highest BCUT2D eigenvalue weighted by Gasteiger charge is 2.23. The zero-order valence-corrected chi connectivity index (χ0v) is 19.1. The van der Waals surface area contributed by atoms with Crippen molar-refractivity contribution in [1.82, 2.24) is 9.97 Å². The Hall–Kier alpha value is -2.88. The van der Waals surface area contributed by atoms with E-state index >= 15 is 0 Å². The largest absolute Gasteiger partial charge is 0.497 e. The van der Waals surface area contributed by atoms with Crippen molar-refractivity contribution in [2.45, 2.75) is 18.1 Å². The number of halogens is 1. The first-order valence-corrected chi connectivity index (χ1v) is 11.6. The molecule has 0 aliphatic heterocycles. The molecule has 2 aromatic rings. The molecule has 4 N–H and O–H groups in total. The molecule has 1 unspecified atom stereocenters. The Bertz CT molecular complexity index is 1030. The van der Waals surface area contributed by atoms with Crippen molar-refractivity contribution >= 4 is 46.7 Å². The van der Waals surface area contributed by atoms with Gasteiger partial charge in [0.25, 0.3) is 11.8 Å². The topological polar surface area (TPSA) is 119 Å². The number of amides is 2. The maximum absolute atomic E-state index is 13.1. The highest BCUT2D eigenvalue weighted by Crippen LogP contribution is 2.28. The van der Waals surface area contributed by atoms with Crippen LogP contribution in [0.2, 0.25) is 5.02 Å². The molecule has 10 heteroatoms. The summed E-state index contributed by atoms with van der Waals surface area (Å²) in [5.41, 5.74) is 6.31. The average Bonchev–Trinajstić information content (AvgIpc) is 2.81. The van der Waals surface area contributed by atoms with Gasteiger partial charge in [-0.15, -0.1) is 0 Å². The van der Waals surface area contributed by atoms with E-state index in [1.165, 1.54) is 12.4 Å². The minimum atomic E-state index is -0.509. The van der Waals surface area contributed by atoms with Crippen LogP contribution in [0.15, 0.2) is 60.1 Å². The van der Waals surface area contributed by atoms with Gasteiger partial charge in [0.05, 0.1) is 22.9 Å². The number of thioether (sulfide) groups is 1. The second kappa shape index (κ2) is 11.7. The molecule has 0 radical (unpaired) electrons. The lowest BCUT2D eigenvalue weighted by molar-refractivity contribution is -0.112. The molecule has 0 spiro atoms. The van der Waals surface area contributed by atoms with Gasteiger partial charge in [-0.2, -0.15) is 11.8 Å². The standard InChI is InChI=1S/C22H24ClN5O3S/c1-32-15-6-7-16(18(12-15)31-11-3-9-24)21(29)27-17-4-2-10-25-20(17)22(30)28-19-8-5-14(23)13-26-19/h2,4-8,10,13,15H,3,9,11-12,24H2,1H3,(H,27,29)(H,26,28,30). The van der Waals surface area contributed by atoms with Crippen molar-refractivity contribution in [2.24, 2.45) is 5.73 Å². The minimum absolute atomic E-state index is 0.0607. The van der Waals surface area contributed by atoms with Crippen LogP contribution in [-0.4, -0.2) is 46.4 Å². The fourth-order valence-electron chi connectivity index (χ4n) is 2.94. The molecule has 0 saturated carbocycles. The summed E-state index contributed by atoms with van der Waals surface area (Å²) in [7, 11) is 0. The Morgan fingerprint density at radius 3 is 2.81 bits per heavy atom. The van der Waals surface area contributed by atoms with Gasteiger partial charge in [0.1, 0.15) is 11.6 Å². The summed E-state index contributed by atoms with van der Waals surface area (Å²) in [6.45, 7) is 0.944. The monoisotopic (exact) mass is 473 g/mol. The van der Waals surface area contributed by atoms with Crippen LogP contribution in [0.1, 0.15) is 23.3 Å². The maximum Gasteiger partial charge on any atom is 0.277 e. The molecule has 3 rings (SSSR count). The van der Waals surface area contributed by atoms with Gasteiger partial charge in [-0.05, 0) is 49.6 Å². The quantitative estimate of drug-likeness (QED) is 0.475. The Morgan fingerprint density at radius 2 is 2.09 bits per heavy atom. The Morgan fingerprint density at radius 1 is 1.25 bits per heavy atom. The SMILES string of the molecule is CSC1C=CC(C(=O)Nc2cccnc2C(=O)Nc2ccc(Cl)cn2)=C(OCCCN)C1. The van der Waals surface area contributed by atoms with Crippen LogP contribution in [0.4, 0.5) is 11.5 Å². The number of anilines is 2. The Balaban J connectivity index is 1.78. The molecule has 0 saturated heterocycles. The third-order valence-corrected chi connectivity index (χ3v) is 5.73. The molecule has 1 aliphatic carbocycles. The lowest BCUT2D eigenvalue weighted by Crippen LogP contribution is -2.23. The zero-order chi connectivity index (χ0) is 22.9. The first kappa shape index (κ1) is 23.8. The third kappa shape index (κ3) is 6.32. The third-order valence-electron chi connectivity index (χ3n) is 4.58. The lowest BCUT2D eigenvalue weighted by atomic mass is 10.0. The molecule has 1 aliphatic rings. The summed E-state index contributed by atoms with van der Waals surface area (Å²) in [5, 5.41) is 6.11. The van der Waals surface area contributed by atoms with Gasteiger partial charge in [-0.3, -0.25) is 9.59 Å². The molecule has 0 aromatic carbocycles. The molecule has 2 aromatic heterocycles. The summed E-state index contributed by atoms with van der Waals surface area (Å²) in [4.78, 5) is 34.0. The van der Waals surface area contributed by atoms with Crippen molar-refractivity contribution in [3.05, 3.63) is 70.9 Å². The molecule has 0 bridgehead atoms. The van der Waals surface area contributed by atoms with Crippen molar-refractivity contribution in [2.75, 3.05) is 30.0 Å². The summed E-state index contributed by atoms with van der Waals surface area (Å²) >= 11 is 7.51. The summed E-state index contributed by atoms with van der Waals surface area (Å²) in [6.07, 6.45) is 9.93. The first-order valence-electron chi connectivity index (χ1n) is 9.98. The minimum Gasteiger partial charge on any atom is -0.497 e. The van der Waals surface area contributed by atoms with E-state index in [0.717, 1.165) is 0 Å². The Kier molecular flexibility index (Phi) is 8.66. The fraction of sp³-hybridized carbons (Fsp3) is 0.273. The van der Waals surface area contributed by atoms with Gasteiger partial charge in [0.2, 0.25) is 0 Å². The second-order valence-electron chi connectivity index (χ2n) is 6.83. The molecular formula is C22H24ClN5O3S. The van der Waals surface area contributed by atoms with E-state index in [0.29, 0.717) is 48.2 Å². The van der Waals surface area contributed by atoms with Crippen LogP contribution in [-0.2, 0) is 9.53 Å². The molecule has 168 valence electrons. The fourth-order valence-corrected chi connectivity index (χ4v) is 3.60. The number of hydrogen-bond donors (Lipinski definition) is 3. The number of allylic oxidation sites excluding steroid dienone is 1. The number of nitrogens with two attached hydrogens (primary N) is 1. The van der Waals surface area contributed by atoms with E-state index in [-0.39, 0.29) is 22.5 Å². The number of nitrogens with one attached hydrogen (secondary N) is 2. The van der Waals surface area contributed by atoms with Crippen molar-refractivity contribution in [1.29, 1.82) is 0 Å². The molecule has 2 amide bonds. The zero-order valence-electron chi connectivity index (χ0n) is 17.5. The van der Waals surface area contributed by atoms with Crippen molar-refractivity contribution in [3.8, 4) is 0 Å². The van der Waals surface area contributed by atoms with Gasteiger partial charge in [0.15, 0.2) is 5.69 Å². The van der Waals surface area contributed by atoms with E-state index < -0.39 is 5.91 Å². The predicted molar refractivity (Wildman–Crippen MR) is 128 cm³/mol. The molecule has 1 atom stereocenters. The van der Waals surface area contributed by atoms with E-state index in [2.05, 4.69) is 20.6 Å². The average molecular weight is 474 g/mol. The van der Waals surface area contributed by atoms with Crippen LogP contribution in [0.25, 0.3) is 0 Å². The number of carbonyl (C=O) groups excluding carboxylic acids is 2.